The average molecular weight is 393 g/mol. The smallest absolute Gasteiger partial charge is 0.416 e. The standard InChI is InChI=1S/C21H22F3NO3/c1-13-3-6-16(14(2)9-13)11-19(26)25-18(12-20(27)28)10-15-4-7-17(8-5-15)21(22,23)24/h3-9,18H,10-12H2,1-2H3,(H,25,26)(H,27,28). The summed E-state index contributed by atoms with van der Waals surface area (Å²) in [7, 11) is 0. The molecule has 2 rings (SSSR count). The molecule has 0 heterocycles. The van der Waals surface area contributed by atoms with E-state index in [-0.39, 0.29) is 25.2 Å². The molecule has 0 aliphatic carbocycles. The zero-order valence-corrected chi connectivity index (χ0v) is 15.6. The summed E-state index contributed by atoms with van der Waals surface area (Å²) in [5.74, 6) is -1.42. The molecule has 1 unspecified atom stereocenters. The van der Waals surface area contributed by atoms with Gasteiger partial charge in [0.1, 0.15) is 0 Å². The molecule has 0 fully saturated rings. The van der Waals surface area contributed by atoms with Gasteiger partial charge in [0, 0.05) is 6.04 Å². The number of benzene rings is 2. The maximum atomic E-state index is 12.7. The third-order valence-electron chi connectivity index (χ3n) is 4.40. The molecule has 0 saturated heterocycles. The van der Waals surface area contributed by atoms with Gasteiger partial charge >= 0.3 is 12.1 Å². The number of hydrogen-bond donors (Lipinski definition) is 2. The lowest BCUT2D eigenvalue weighted by Gasteiger charge is -2.18. The second-order valence-corrected chi connectivity index (χ2v) is 6.87. The summed E-state index contributed by atoms with van der Waals surface area (Å²) >= 11 is 0. The summed E-state index contributed by atoms with van der Waals surface area (Å²) in [5.41, 5.74) is 2.63. The largest absolute Gasteiger partial charge is 0.481 e. The number of carbonyl (C=O) groups is 2. The van der Waals surface area contributed by atoms with Crippen molar-refractivity contribution >= 4 is 11.9 Å². The van der Waals surface area contributed by atoms with Gasteiger partial charge in [0.05, 0.1) is 18.4 Å². The number of rotatable bonds is 7. The van der Waals surface area contributed by atoms with Crippen molar-refractivity contribution in [2.45, 2.75) is 45.3 Å². The Morgan fingerprint density at radius 1 is 1.07 bits per heavy atom. The molecule has 4 nitrogen and oxygen atoms in total. The number of carboxylic acid groups (broad SMARTS) is 1. The van der Waals surface area contributed by atoms with Gasteiger partial charge in [0.2, 0.25) is 5.91 Å². The van der Waals surface area contributed by atoms with Crippen LogP contribution in [0.3, 0.4) is 0 Å². The number of nitrogens with one attached hydrogen (secondary N) is 1. The van der Waals surface area contributed by atoms with E-state index in [1.54, 1.807) is 0 Å². The third-order valence-corrected chi connectivity index (χ3v) is 4.40. The highest BCUT2D eigenvalue weighted by molar-refractivity contribution is 5.80. The van der Waals surface area contributed by atoms with Gasteiger partial charge in [-0.15, -0.1) is 0 Å². The number of hydrogen-bond acceptors (Lipinski definition) is 2. The lowest BCUT2D eigenvalue weighted by molar-refractivity contribution is -0.138. The van der Waals surface area contributed by atoms with Crippen LogP contribution in [0.2, 0.25) is 0 Å². The van der Waals surface area contributed by atoms with Crippen molar-refractivity contribution in [3.63, 3.8) is 0 Å². The summed E-state index contributed by atoms with van der Waals surface area (Å²) in [6.07, 6.45) is -4.52. The molecular weight excluding hydrogens is 371 g/mol. The zero-order valence-electron chi connectivity index (χ0n) is 15.6. The molecule has 150 valence electrons. The van der Waals surface area contributed by atoms with Crippen LogP contribution in [-0.4, -0.2) is 23.0 Å². The number of carbonyl (C=O) groups excluding carboxylic acids is 1. The van der Waals surface area contributed by atoms with Crippen molar-refractivity contribution in [1.82, 2.24) is 5.32 Å². The van der Waals surface area contributed by atoms with Crippen molar-refractivity contribution < 1.29 is 27.9 Å². The van der Waals surface area contributed by atoms with E-state index in [1.807, 2.05) is 32.0 Å². The third kappa shape index (κ3) is 6.40. The molecule has 0 aliphatic rings. The summed E-state index contributed by atoms with van der Waals surface area (Å²) in [6.45, 7) is 3.84. The number of amides is 1. The first-order chi connectivity index (χ1) is 13.0. The van der Waals surface area contributed by atoms with E-state index in [4.69, 9.17) is 5.11 Å². The Bertz CT molecular complexity index is 845. The highest BCUT2D eigenvalue weighted by atomic mass is 19.4. The molecule has 1 amide bonds. The van der Waals surface area contributed by atoms with E-state index < -0.39 is 23.8 Å². The van der Waals surface area contributed by atoms with E-state index in [9.17, 15) is 22.8 Å². The molecule has 0 bridgehead atoms. The first kappa shape index (κ1) is 21.5. The quantitative estimate of drug-likeness (QED) is 0.745. The highest BCUT2D eigenvalue weighted by Gasteiger charge is 2.30. The molecule has 7 heteroatoms. The minimum absolute atomic E-state index is 0.106. The van der Waals surface area contributed by atoms with Gasteiger partial charge in [0.15, 0.2) is 0 Å². The zero-order chi connectivity index (χ0) is 20.9. The van der Waals surface area contributed by atoms with Gasteiger partial charge < -0.3 is 10.4 Å². The maximum absolute atomic E-state index is 12.7. The van der Waals surface area contributed by atoms with Crippen LogP contribution in [0.25, 0.3) is 0 Å². The minimum Gasteiger partial charge on any atom is -0.481 e. The molecule has 2 aromatic carbocycles. The van der Waals surface area contributed by atoms with Crippen LogP contribution >= 0.6 is 0 Å². The summed E-state index contributed by atoms with van der Waals surface area (Å²) < 4.78 is 38.0. The van der Waals surface area contributed by atoms with Crippen molar-refractivity contribution in [3.8, 4) is 0 Å². The minimum atomic E-state index is -4.43. The van der Waals surface area contributed by atoms with E-state index in [1.165, 1.54) is 12.1 Å². The molecule has 1 atom stereocenters. The van der Waals surface area contributed by atoms with Crippen LogP contribution < -0.4 is 5.32 Å². The van der Waals surface area contributed by atoms with E-state index >= 15 is 0 Å². The molecular formula is C21H22F3NO3. The van der Waals surface area contributed by atoms with Gasteiger partial charge in [-0.3, -0.25) is 9.59 Å². The average Bonchev–Trinajstić information content (AvgIpc) is 2.56. The first-order valence-corrected chi connectivity index (χ1v) is 8.78. The number of carboxylic acids is 1. The Kier molecular flexibility index (Phi) is 6.83. The number of halogens is 3. The van der Waals surface area contributed by atoms with Crippen LogP contribution in [-0.2, 0) is 28.6 Å². The van der Waals surface area contributed by atoms with Crippen LogP contribution in [0.1, 0.15) is 34.2 Å². The van der Waals surface area contributed by atoms with Gasteiger partial charge in [-0.1, -0.05) is 35.9 Å². The fourth-order valence-corrected chi connectivity index (χ4v) is 3.00. The Balaban J connectivity index is 2.06. The van der Waals surface area contributed by atoms with E-state index in [2.05, 4.69) is 5.32 Å². The lowest BCUT2D eigenvalue weighted by Crippen LogP contribution is -2.39. The SMILES string of the molecule is Cc1ccc(CC(=O)NC(CC(=O)O)Cc2ccc(C(F)(F)F)cc2)c(C)c1. The molecule has 0 saturated carbocycles. The van der Waals surface area contributed by atoms with Crippen LogP contribution in [0.5, 0.6) is 0 Å². The molecule has 0 spiro atoms. The fraction of sp³-hybridized carbons (Fsp3) is 0.333. The number of aryl methyl sites for hydroxylation is 2. The van der Waals surface area contributed by atoms with Crippen LogP contribution in [0, 0.1) is 13.8 Å². The number of aliphatic carboxylic acids is 1. The van der Waals surface area contributed by atoms with Crippen molar-refractivity contribution in [2.24, 2.45) is 0 Å². The first-order valence-electron chi connectivity index (χ1n) is 8.78. The van der Waals surface area contributed by atoms with Crippen LogP contribution in [0.4, 0.5) is 13.2 Å². The fourth-order valence-electron chi connectivity index (χ4n) is 3.00. The molecule has 0 aliphatic heterocycles. The molecule has 2 aromatic rings. The molecule has 0 radical (unpaired) electrons. The second kappa shape index (κ2) is 8.91. The highest BCUT2D eigenvalue weighted by Crippen LogP contribution is 2.29. The predicted molar refractivity (Wildman–Crippen MR) is 99.0 cm³/mol. The van der Waals surface area contributed by atoms with E-state index in [0.29, 0.717) is 5.56 Å². The number of alkyl halides is 3. The molecule has 2 N–H and O–H groups in total. The monoisotopic (exact) mass is 393 g/mol. The lowest BCUT2D eigenvalue weighted by atomic mass is 10.00. The van der Waals surface area contributed by atoms with Gasteiger partial charge in [0.25, 0.3) is 0 Å². The van der Waals surface area contributed by atoms with Crippen molar-refractivity contribution in [3.05, 3.63) is 70.3 Å². The summed E-state index contributed by atoms with van der Waals surface area (Å²) in [6, 6.07) is 9.49. The summed E-state index contributed by atoms with van der Waals surface area (Å²) in [4.78, 5) is 23.5. The normalized spacial score (nSPS) is 12.5. The topological polar surface area (TPSA) is 66.4 Å². The Hall–Kier alpha value is -2.83. The van der Waals surface area contributed by atoms with Crippen molar-refractivity contribution in [1.29, 1.82) is 0 Å². The van der Waals surface area contributed by atoms with E-state index in [0.717, 1.165) is 28.8 Å². The van der Waals surface area contributed by atoms with Gasteiger partial charge in [-0.2, -0.15) is 13.2 Å². The predicted octanol–water partition coefficient (Wildman–Crippen LogP) is 4.07. The Morgan fingerprint density at radius 2 is 1.71 bits per heavy atom. The van der Waals surface area contributed by atoms with Gasteiger partial charge in [-0.25, -0.2) is 0 Å². The van der Waals surface area contributed by atoms with Crippen LogP contribution in [0.15, 0.2) is 42.5 Å². The van der Waals surface area contributed by atoms with Gasteiger partial charge in [-0.05, 0) is 49.1 Å². The second-order valence-electron chi connectivity index (χ2n) is 6.87. The Morgan fingerprint density at radius 3 is 2.25 bits per heavy atom. The van der Waals surface area contributed by atoms with Crippen molar-refractivity contribution in [2.75, 3.05) is 0 Å². The molecule has 28 heavy (non-hydrogen) atoms. The maximum Gasteiger partial charge on any atom is 0.416 e. The Labute approximate surface area is 161 Å². The summed E-state index contributed by atoms with van der Waals surface area (Å²) in [5, 5.41) is 11.8. The molecule has 0 aromatic heterocycles.